The zero-order valence-electron chi connectivity index (χ0n) is 14.1. The van der Waals surface area contributed by atoms with E-state index in [1.165, 1.54) is 0 Å². The van der Waals surface area contributed by atoms with Gasteiger partial charge in [0.25, 0.3) is 0 Å². The average molecular weight is 312 g/mol. The van der Waals surface area contributed by atoms with E-state index >= 15 is 0 Å². The van der Waals surface area contributed by atoms with Gasteiger partial charge in [0.1, 0.15) is 0 Å². The van der Waals surface area contributed by atoms with Crippen LogP contribution >= 0.6 is 0 Å². The first-order chi connectivity index (χ1) is 10.8. The van der Waals surface area contributed by atoms with E-state index in [4.69, 9.17) is 0 Å². The zero-order valence-corrected chi connectivity index (χ0v) is 14.1. The third-order valence-electron chi connectivity index (χ3n) is 5.49. The van der Waals surface area contributed by atoms with Crippen molar-refractivity contribution in [2.75, 3.05) is 0 Å². The molecule has 1 fully saturated rings. The van der Waals surface area contributed by atoms with Gasteiger partial charge in [-0.15, -0.1) is 0 Å². The molecule has 0 amide bonds. The summed E-state index contributed by atoms with van der Waals surface area (Å²) in [5, 5.41) is 10.3. The lowest BCUT2D eigenvalue weighted by Gasteiger charge is -2.38. The van der Waals surface area contributed by atoms with E-state index in [1.54, 1.807) is 24.3 Å². The fourth-order valence-electron chi connectivity index (χ4n) is 4.01. The molecule has 0 radical (unpaired) electrons. The molecule has 2 aliphatic carbocycles. The number of fused-ring (bicyclic) bond motifs is 1. The summed E-state index contributed by atoms with van der Waals surface area (Å²) in [6, 6.07) is 6.78. The smallest absolute Gasteiger partial charge is 0.228 e. The Morgan fingerprint density at radius 1 is 0.913 bits per heavy atom. The van der Waals surface area contributed by atoms with Gasteiger partial charge < -0.3 is 5.11 Å². The van der Waals surface area contributed by atoms with E-state index in [0.717, 1.165) is 25.7 Å². The molecule has 1 N–H and O–H groups in total. The second-order valence-corrected chi connectivity index (χ2v) is 7.88. The molecule has 0 aliphatic heterocycles. The maximum Gasteiger partial charge on any atom is 0.228 e. The molecule has 0 atom stereocenters. The van der Waals surface area contributed by atoms with Crippen LogP contribution in [0.15, 0.2) is 35.6 Å². The summed E-state index contributed by atoms with van der Waals surface area (Å²) in [6.45, 7) is 6.75. The molecule has 0 heterocycles. The van der Waals surface area contributed by atoms with Gasteiger partial charge in [0, 0.05) is 16.7 Å². The molecule has 1 aromatic rings. The maximum atomic E-state index is 12.8. The zero-order chi connectivity index (χ0) is 16.8. The van der Waals surface area contributed by atoms with Crippen molar-refractivity contribution in [2.45, 2.75) is 46.5 Å². The highest BCUT2D eigenvalue weighted by Crippen LogP contribution is 2.43. The molecule has 1 saturated carbocycles. The van der Waals surface area contributed by atoms with E-state index < -0.39 is 5.78 Å². The Bertz CT molecular complexity index is 683. The minimum atomic E-state index is -0.409. The molecule has 0 saturated heterocycles. The number of carbonyl (C=O) groups is 2. The third-order valence-corrected chi connectivity index (χ3v) is 5.49. The van der Waals surface area contributed by atoms with Crippen molar-refractivity contribution in [3.63, 3.8) is 0 Å². The van der Waals surface area contributed by atoms with Crippen molar-refractivity contribution in [1.82, 2.24) is 0 Å². The molecule has 0 unspecified atom stereocenters. The number of allylic oxidation sites excluding steroid dienone is 2. The molecule has 0 aromatic heterocycles. The van der Waals surface area contributed by atoms with Crippen LogP contribution in [0.4, 0.5) is 0 Å². The third kappa shape index (κ3) is 2.73. The second-order valence-electron chi connectivity index (χ2n) is 7.88. The normalized spacial score (nSPS) is 25.5. The van der Waals surface area contributed by atoms with Gasteiger partial charge in [0.15, 0.2) is 11.5 Å². The highest BCUT2D eigenvalue weighted by atomic mass is 16.3. The lowest BCUT2D eigenvalue weighted by atomic mass is 9.67. The fourth-order valence-corrected chi connectivity index (χ4v) is 4.01. The first kappa shape index (κ1) is 16.0. The Kier molecular flexibility index (Phi) is 3.91. The summed E-state index contributed by atoms with van der Waals surface area (Å²) >= 11 is 0. The molecule has 2 aliphatic rings. The molecular weight excluding hydrogens is 288 g/mol. The molecule has 3 heteroatoms. The van der Waals surface area contributed by atoms with Crippen molar-refractivity contribution in [2.24, 2.45) is 17.3 Å². The number of ketones is 2. The van der Waals surface area contributed by atoms with Crippen molar-refractivity contribution in [3.8, 4) is 0 Å². The minimum absolute atomic E-state index is 0.00148. The molecule has 0 bridgehead atoms. The number of Topliss-reactive ketones (excluding diaryl/α,β-unsaturated/α-hetero) is 2. The number of hydrogen-bond acceptors (Lipinski definition) is 3. The highest BCUT2D eigenvalue weighted by molar-refractivity contribution is 6.26. The van der Waals surface area contributed by atoms with Gasteiger partial charge in [0.05, 0.1) is 0 Å². The summed E-state index contributed by atoms with van der Waals surface area (Å²) in [5.74, 6) is -0.278. The van der Waals surface area contributed by atoms with Crippen LogP contribution in [-0.2, 0) is 0 Å². The van der Waals surface area contributed by atoms with Crippen molar-refractivity contribution in [3.05, 3.63) is 46.7 Å². The van der Waals surface area contributed by atoms with Crippen LogP contribution < -0.4 is 0 Å². The number of rotatable bonds is 1. The van der Waals surface area contributed by atoms with Crippen molar-refractivity contribution in [1.29, 1.82) is 0 Å². The van der Waals surface area contributed by atoms with Gasteiger partial charge in [-0.25, -0.2) is 0 Å². The number of benzene rings is 1. The maximum absolute atomic E-state index is 12.8. The quantitative estimate of drug-likeness (QED) is 0.815. The van der Waals surface area contributed by atoms with Crippen LogP contribution in [0.5, 0.6) is 0 Å². The van der Waals surface area contributed by atoms with Gasteiger partial charge in [-0.2, -0.15) is 0 Å². The summed E-state index contributed by atoms with van der Waals surface area (Å²) in [5.41, 5.74) is 1.37. The van der Waals surface area contributed by atoms with Gasteiger partial charge >= 0.3 is 0 Å². The molecule has 3 nitrogen and oxygen atoms in total. The Labute approximate surface area is 137 Å². The SMILES string of the molecule is CC(C)(C)[C@H]1CC[C@@H](C2=C(O)C(=O)c3ccccc3C2=O)CC1. The summed E-state index contributed by atoms with van der Waals surface area (Å²) in [6.07, 6.45) is 3.80. The largest absolute Gasteiger partial charge is 0.504 e. The Morgan fingerprint density at radius 2 is 1.43 bits per heavy atom. The van der Waals surface area contributed by atoms with Crippen LogP contribution in [0.1, 0.15) is 67.2 Å². The first-order valence-corrected chi connectivity index (χ1v) is 8.42. The van der Waals surface area contributed by atoms with Gasteiger partial charge in [-0.05, 0) is 42.9 Å². The number of aliphatic hydroxyl groups is 1. The van der Waals surface area contributed by atoms with Crippen LogP contribution in [0, 0.1) is 17.3 Å². The molecule has 0 spiro atoms. The van der Waals surface area contributed by atoms with E-state index in [9.17, 15) is 14.7 Å². The van der Waals surface area contributed by atoms with E-state index in [0.29, 0.717) is 22.6 Å². The van der Waals surface area contributed by atoms with Crippen LogP contribution in [0.25, 0.3) is 0 Å². The van der Waals surface area contributed by atoms with Crippen LogP contribution in [0.2, 0.25) is 0 Å². The number of aliphatic hydroxyl groups excluding tert-OH is 1. The van der Waals surface area contributed by atoms with E-state index in [1.807, 2.05) is 0 Å². The Morgan fingerprint density at radius 3 is 1.96 bits per heavy atom. The van der Waals surface area contributed by atoms with E-state index in [-0.39, 0.29) is 22.9 Å². The summed E-state index contributed by atoms with van der Waals surface area (Å²) in [7, 11) is 0. The standard InChI is InChI=1S/C20H24O3/c1-20(2,3)13-10-8-12(9-11-13)16-17(21)14-6-4-5-7-15(14)18(22)19(16)23/h4-7,12-13,23H,8-11H2,1-3H3/t12-,13+. The summed E-state index contributed by atoms with van der Waals surface area (Å²) in [4.78, 5) is 25.2. The van der Waals surface area contributed by atoms with Crippen molar-refractivity contribution >= 4 is 11.6 Å². The monoisotopic (exact) mass is 312 g/mol. The molecule has 23 heavy (non-hydrogen) atoms. The Balaban J connectivity index is 1.88. The topological polar surface area (TPSA) is 54.4 Å². The minimum Gasteiger partial charge on any atom is -0.504 e. The lowest BCUT2D eigenvalue weighted by molar-refractivity contribution is 0.0903. The van der Waals surface area contributed by atoms with Gasteiger partial charge in [-0.1, -0.05) is 45.0 Å². The lowest BCUT2D eigenvalue weighted by Crippen LogP contribution is -2.31. The second kappa shape index (κ2) is 5.63. The fraction of sp³-hybridized carbons (Fsp3) is 0.500. The van der Waals surface area contributed by atoms with Crippen LogP contribution in [0.3, 0.4) is 0 Å². The highest BCUT2D eigenvalue weighted by Gasteiger charge is 2.39. The molecule has 1 aromatic carbocycles. The van der Waals surface area contributed by atoms with Crippen molar-refractivity contribution < 1.29 is 14.7 Å². The molecule has 3 rings (SSSR count). The average Bonchev–Trinajstić information content (AvgIpc) is 2.53. The number of hydrogen-bond donors (Lipinski definition) is 1. The first-order valence-electron chi connectivity index (χ1n) is 8.42. The van der Waals surface area contributed by atoms with Crippen LogP contribution in [-0.4, -0.2) is 16.7 Å². The predicted octanol–water partition coefficient (Wildman–Crippen LogP) is 4.73. The number of carbonyl (C=O) groups excluding carboxylic acids is 2. The molecule has 122 valence electrons. The summed E-state index contributed by atoms with van der Waals surface area (Å²) < 4.78 is 0. The molecular formula is C20H24O3. The predicted molar refractivity (Wildman–Crippen MR) is 89.7 cm³/mol. The van der Waals surface area contributed by atoms with E-state index in [2.05, 4.69) is 20.8 Å². The Hall–Kier alpha value is -1.90. The van der Waals surface area contributed by atoms with Gasteiger partial charge in [-0.3, -0.25) is 9.59 Å². The van der Waals surface area contributed by atoms with Gasteiger partial charge in [0.2, 0.25) is 5.78 Å².